The number of hydrogen-bond acceptors (Lipinski definition) is 6. The number of hydrogen-bond donors (Lipinski definition) is 1. The fourth-order valence-electron chi connectivity index (χ4n) is 2.46. The highest BCUT2D eigenvalue weighted by Crippen LogP contribution is 2.21. The number of pyridine rings is 2. The molecule has 2 heterocycles. The number of ether oxygens (including phenoxy) is 2. The van der Waals surface area contributed by atoms with E-state index in [9.17, 15) is 4.79 Å². The summed E-state index contributed by atoms with van der Waals surface area (Å²) in [4.78, 5) is 20.4. The Kier molecular flexibility index (Phi) is 4.56. The van der Waals surface area contributed by atoms with E-state index in [1.54, 1.807) is 18.3 Å². The van der Waals surface area contributed by atoms with Crippen molar-refractivity contribution in [2.75, 3.05) is 19.5 Å². The van der Waals surface area contributed by atoms with Gasteiger partial charge in [0.15, 0.2) is 0 Å². The van der Waals surface area contributed by atoms with Gasteiger partial charge in [0.05, 0.1) is 19.7 Å². The molecule has 0 spiro atoms. The maximum atomic E-state index is 11.7. The van der Waals surface area contributed by atoms with Crippen molar-refractivity contribution in [2.24, 2.45) is 0 Å². The van der Waals surface area contributed by atoms with Crippen LogP contribution in [0.4, 0.5) is 5.82 Å². The van der Waals surface area contributed by atoms with E-state index in [4.69, 9.17) is 9.47 Å². The summed E-state index contributed by atoms with van der Waals surface area (Å²) in [5, 5.41) is 4.32. The molecule has 0 atom stereocenters. The van der Waals surface area contributed by atoms with Gasteiger partial charge in [0, 0.05) is 18.1 Å². The minimum absolute atomic E-state index is 0.225. The highest BCUT2D eigenvalue weighted by Gasteiger charge is 2.14. The Labute approximate surface area is 139 Å². The predicted octanol–water partition coefficient (Wildman–Crippen LogP) is 3.04. The molecule has 0 aliphatic carbocycles. The molecule has 1 N–H and O–H groups in total. The van der Waals surface area contributed by atoms with Gasteiger partial charge in [-0.05, 0) is 23.8 Å². The number of benzene rings is 1. The maximum absolute atomic E-state index is 11.7. The second-order valence-electron chi connectivity index (χ2n) is 5.09. The third-order valence-electron chi connectivity index (χ3n) is 3.64. The molecule has 122 valence electrons. The lowest BCUT2D eigenvalue weighted by Crippen LogP contribution is -2.08. The zero-order valence-corrected chi connectivity index (χ0v) is 13.4. The number of rotatable bonds is 5. The van der Waals surface area contributed by atoms with Crippen molar-refractivity contribution in [1.82, 2.24) is 9.97 Å². The summed E-state index contributed by atoms with van der Waals surface area (Å²) in [5.41, 5.74) is 2.30. The number of esters is 1. The molecular formula is C18H17N3O3. The quantitative estimate of drug-likeness (QED) is 0.728. The lowest BCUT2D eigenvalue weighted by Gasteiger charge is -2.11. The molecule has 0 unspecified atom stereocenters. The van der Waals surface area contributed by atoms with Crippen LogP contribution in [-0.2, 0) is 11.3 Å². The van der Waals surface area contributed by atoms with E-state index in [0.717, 1.165) is 16.5 Å². The summed E-state index contributed by atoms with van der Waals surface area (Å²) in [6.45, 7) is 0.558. The van der Waals surface area contributed by atoms with Crippen LogP contribution < -0.4 is 10.1 Å². The number of methoxy groups -OCH3 is 2. The molecule has 0 saturated carbocycles. The van der Waals surface area contributed by atoms with Crippen molar-refractivity contribution >= 4 is 22.7 Å². The Morgan fingerprint density at radius 2 is 1.96 bits per heavy atom. The second kappa shape index (κ2) is 6.95. The van der Waals surface area contributed by atoms with Crippen molar-refractivity contribution in [2.45, 2.75) is 6.54 Å². The zero-order valence-electron chi connectivity index (χ0n) is 13.4. The van der Waals surface area contributed by atoms with Crippen molar-refractivity contribution < 1.29 is 14.3 Å². The lowest BCUT2D eigenvalue weighted by atomic mass is 10.1. The maximum Gasteiger partial charge on any atom is 0.343 e. The third-order valence-corrected chi connectivity index (χ3v) is 3.64. The molecule has 0 fully saturated rings. The van der Waals surface area contributed by atoms with Crippen molar-refractivity contribution in [3.8, 4) is 5.88 Å². The fraction of sp³-hybridized carbons (Fsp3) is 0.167. The highest BCUT2D eigenvalue weighted by molar-refractivity contribution is 5.92. The smallest absolute Gasteiger partial charge is 0.343 e. The standard InChI is InChI=1S/C18H17N3O3/c1-23-17-14(18(22)24-2)8-9-15(21-17)20-11-13-6-3-5-12-7-4-10-19-16(12)13/h3-10H,11H2,1-2H3,(H,20,21). The van der Waals surface area contributed by atoms with Crippen LogP contribution >= 0.6 is 0 Å². The molecule has 6 heteroatoms. The van der Waals surface area contributed by atoms with Crippen LogP contribution in [0.2, 0.25) is 0 Å². The number of nitrogens with zero attached hydrogens (tertiary/aromatic N) is 2. The Hall–Kier alpha value is -3.15. The van der Waals surface area contributed by atoms with Gasteiger partial charge in [-0.1, -0.05) is 24.3 Å². The molecule has 3 rings (SSSR count). The largest absolute Gasteiger partial charge is 0.480 e. The molecule has 1 aromatic carbocycles. The van der Waals surface area contributed by atoms with Gasteiger partial charge in [-0.15, -0.1) is 0 Å². The average molecular weight is 323 g/mol. The minimum atomic E-state index is -0.482. The van der Waals surface area contributed by atoms with Gasteiger partial charge in [-0.3, -0.25) is 4.98 Å². The summed E-state index contributed by atoms with van der Waals surface area (Å²) in [7, 11) is 2.79. The molecule has 0 bridgehead atoms. The first-order chi connectivity index (χ1) is 11.7. The first kappa shape index (κ1) is 15.7. The Bertz CT molecular complexity index is 875. The number of aromatic nitrogens is 2. The van der Waals surface area contributed by atoms with Crippen LogP contribution in [0.5, 0.6) is 5.88 Å². The zero-order chi connectivity index (χ0) is 16.9. The minimum Gasteiger partial charge on any atom is -0.480 e. The molecule has 0 saturated heterocycles. The highest BCUT2D eigenvalue weighted by atomic mass is 16.5. The van der Waals surface area contributed by atoms with Crippen molar-refractivity contribution in [3.63, 3.8) is 0 Å². The van der Waals surface area contributed by atoms with Crippen LogP contribution in [0.25, 0.3) is 10.9 Å². The second-order valence-corrected chi connectivity index (χ2v) is 5.09. The molecule has 24 heavy (non-hydrogen) atoms. The topological polar surface area (TPSA) is 73.3 Å². The summed E-state index contributed by atoms with van der Waals surface area (Å²) < 4.78 is 9.88. The van der Waals surface area contributed by atoms with E-state index in [2.05, 4.69) is 15.3 Å². The number of fused-ring (bicyclic) bond motifs is 1. The Morgan fingerprint density at radius 1 is 1.12 bits per heavy atom. The molecule has 0 aliphatic heterocycles. The number of carbonyl (C=O) groups excluding carboxylic acids is 1. The third kappa shape index (κ3) is 3.12. The number of para-hydroxylation sites is 1. The summed E-state index contributed by atoms with van der Waals surface area (Å²) in [6.07, 6.45) is 1.78. The van der Waals surface area contributed by atoms with Crippen molar-refractivity contribution in [3.05, 3.63) is 59.8 Å². The average Bonchev–Trinajstić information content (AvgIpc) is 2.65. The number of carbonyl (C=O) groups is 1. The summed E-state index contributed by atoms with van der Waals surface area (Å²) in [5.74, 6) is 0.347. The SMILES string of the molecule is COC(=O)c1ccc(NCc2cccc3cccnc23)nc1OC. The van der Waals surface area contributed by atoms with E-state index in [-0.39, 0.29) is 11.4 Å². The predicted molar refractivity (Wildman–Crippen MR) is 91.2 cm³/mol. The van der Waals surface area contributed by atoms with E-state index in [0.29, 0.717) is 12.4 Å². The number of nitrogens with one attached hydrogen (secondary N) is 1. The van der Waals surface area contributed by atoms with Gasteiger partial charge >= 0.3 is 5.97 Å². The van der Waals surface area contributed by atoms with Gasteiger partial charge < -0.3 is 14.8 Å². The van der Waals surface area contributed by atoms with Gasteiger partial charge in [0.2, 0.25) is 5.88 Å². The van der Waals surface area contributed by atoms with Crippen molar-refractivity contribution in [1.29, 1.82) is 0 Å². The molecule has 3 aromatic rings. The van der Waals surface area contributed by atoms with Crippen LogP contribution in [0, 0.1) is 0 Å². The van der Waals surface area contributed by atoms with E-state index < -0.39 is 5.97 Å². The Morgan fingerprint density at radius 3 is 2.75 bits per heavy atom. The van der Waals surface area contributed by atoms with Gasteiger partial charge in [-0.2, -0.15) is 4.98 Å². The van der Waals surface area contributed by atoms with Crippen LogP contribution in [0.1, 0.15) is 15.9 Å². The monoisotopic (exact) mass is 323 g/mol. The van der Waals surface area contributed by atoms with Crippen LogP contribution in [-0.4, -0.2) is 30.2 Å². The molecule has 0 radical (unpaired) electrons. The molecule has 0 aliphatic rings. The van der Waals surface area contributed by atoms with Crippen LogP contribution in [0.15, 0.2) is 48.7 Å². The van der Waals surface area contributed by atoms with E-state index in [1.807, 2.05) is 30.3 Å². The molecular weight excluding hydrogens is 306 g/mol. The molecule has 2 aromatic heterocycles. The fourth-order valence-corrected chi connectivity index (χ4v) is 2.46. The summed E-state index contributed by atoms with van der Waals surface area (Å²) >= 11 is 0. The first-order valence-corrected chi connectivity index (χ1v) is 7.43. The normalized spacial score (nSPS) is 10.4. The van der Waals surface area contributed by atoms with Gasteiger partial charge in [0.25, 0.3) is 0 Å². The first-order valence-electron chi connectivity index (χ1n) is 7.43. The van der Waals surface area contributed by atoms with Gasteiger partial charge in [0.1, 0.15) is 11.4 Å². The van der Waals surface area contributed by atoms with Crippen LogP contribution in [0.3, 0.4) is 0 Å². The lowest BCUT2D eigenvalue weighted by molar-refractivity contribution is 0.0596. The Balaban J connectivity index is 1.82. The van der Waals surface area contributed by atoms with Gasteiger partial charge in [-0.25, -0.2) is 4.79 Å². The summed E-state index contributed by atoms with van der Waals surface area (Å²) in [6, 6.07) is 13.3. The number of anilines is 1. The van der Waals surface area contributed by atoms with E-state index in [1.165, 1.54) is 14.2 Å². The van der Waals surface area contributed by atoms with E-state index >= 15 is 0 Å². The molecule has 6 nitrogen and oxygen atoms in total. The molecule has 0 amide bonds.